The normalized spacial score (nSPS) is 12.4. The van der Waals surface area contributed by atoms with Crippen LogP contribution >= 0.6 is 0 Å². The Morgan fingerprint density at radius 2 is 2.00 bits per heavy atom. The van der Waals surface area contributed by atoms with Crippen molar-refractivity contribution >= 4 is 11.8 Å². The van der Waals surface area contributed by atoms with Gasteiger partial charge in [0.25, 0.3) is 5.78 Å². The first-order valence-electron chi connectivity index (χ1n) is 5.28. The minimum atomic E-state index is -0.927. The molecule has 0 radical (unpaired) electrons. The lowest BCUT2D eigenvalue weighted by molar-refractivity contribution is -0.151. The highest BCUT2D eigenvalue weighted by molar-refractivity contribution is 6.38. The van der Waals surface area contributed by atoms with Crippen LogP contribution in [0.5, 0.6) is 0 Å². The molecule has 0 spiro atoms. The Morgan fingerprint density at radius 3 is 2.50 bits per heavy atom. The van der Waals surface area contributed by atoms with Gasteiger partial charge in [-0.15, -0.1) is 0 Å². The molecule has 0 aromatic rings. The van der Waals surface area contributed by atoms with Crippen molar-refractivity contribution in [3.05, 3.63) is 23.5 Å². The van der Waals surface area contributed by atoms with Crippen molar-refractivity contribution in [1.82, 2.24) is 0 Å². The number of esters is 1. The molecule has 0 fully saturated rings. The largest absolute Gasteiger partial charge is 0.508 e. The number of carbonyl (C=O) groups is 2. The maximum absolute atomic E-state index is 11.2. The fraction of sp³-hybridized carbons (Fsp3) is 0.500. The molecule has 0 heterocycles. The van der Waals surface area contributed by atoms with Crippen molar-refractivity contribution in [2.45, 2.75) is 33.6 Å². The topological polar surface area (TPSA) is 63.6 Å². The molecule has 1 N–H and O–H groups in total. The van der Waals surface area contributed by atoms with Gasteiger partial charge in [-0.05, 0) is 25.8 Å². The second-order valence-corrected chi connectivity index (χ2v) is 3.35. The van der Waals surface area contributed by atoms with E-state index in [1.807, 2.05) is 6.92 Å². The zero-order chi connectivity index (χ0) is 12.6. The van der Waals surface area contributed by atoms with Crippen LogP contribution in [0.3, 0.4) is 0 Å². The number of rotatable bonds is 6. The summed E-state index contributed by atoms with van der Waals surface area (Å²) in [4.78, 5) is 22.3. The molecular formula is C12H18O4. The molecule has 0 unspecified atom stereocenters. The molecule has 0 aromatic carbocycles. The molecule has 4 heteroatoms. The van der Waals surface area contributed by atoms with E-state index in [1.165, 1.54) is 0 Å². The predicted molar refractivity (Wildman–Crippen MR) is 61.0 cm³/mol. The first-order valence-corrected chi connectivity index (χ1v) is 5.28. The maximum atomic E-state index is 11.2. The zero-order valence-corrected chi connectivity index (χ0v) is 9.95. The average molecular weight is 226 g/mol. The summed E-state index contributed by atoms with van der Waals surface area (Å²) in [6.07, 6.45) is 4.13. The fourth-order valence-corrected chi connectivity index (χ4v) is 0.825. The summed E-state index contributed by atoms with van der Waals surface area (Å²) in [6, 6.07) is 0. The molecule has 0 aliphatic carbocycles. The molecule has 4 nitrogen and oxygen atoms in total. The van der Waals surface area contributed by atoms with Crippen molar-refractivity contribution < 1.29 is 19.4 Å². The summed E-state index contributed by atoms with van der Waals surface area (Å²) >= 11 is 0. The predicted octanol–water partition coefficient (Wildman–Crippen LogP) is 2.31. The molecule has 16 heavy (non-hydrogen) atoms. The Labute approximate surface area is 95.6 Å². The Balaban J connectivity index is 4.30. The number of carbonyl (C=O) groups excluding carboxylic acids is 2. The third-order valence-electron chi connectivity index (χ3n) is 2.04. The smallest absolute Gasteiger partial charge is 0.379 e. The van der Waals surface area contributed by atoms with E-state index < -0.39 is 11.8 Å². The van der Waals surface area contributed by atoms with Crippen molar-refractivity contribution in [3.8, 4) is 0 Å². The van der Waals surface area contributed by atoms with Gasteiger partial charge in [-0.25, -0.2) is 4.79 Å². The van der Waals surface area contributed by atoms with Crippen LogP contribution in [-0.2, 0) is 14.3 Å². The molecule has 0 aliphatic heterocycles. The van der Waals surface area contributed by atoms with Crippen LogP contribution in [-0.4, -0.2) is 23.5 Å². The molecule has 0 saturated heterocycles. The van der Waals surface area contributed by atoms with Crippen LogP contribution in [0.15, 0.2) is 23.5 Å². The first-order chi connectivity index (χ1) is 7.52. The lowest BCUT2D eigenvalue weighted by atomic mass is 10.2. The minimum Gasteiger partial charge on any atom is -0.508 e. The van der Waals surface area contributed by atoms with Crippen molar-refractivity contribution in [3.63, 3.8) is 0 Å². The van der Waals surface area contributed by atoms with Crippen molar-refractivity contribution in [1.29, 1.82) is 0 Å². The summed E-state index contributed by atoms with van der Waals surface area (Å²) < 4.78 is 4.69. The zero-order valence-electron chi connectivity index (χ0n) is 9.95. The second-order valence-electron chi connectivity index (χ2n) is 3.35. The number of ether oxygens (including phenoxy) is 1. The van der Waals surface area contributed by atoms with E-state index in [4.69, 9.17) is 4.74 Å². The number of hydrogen-bond acceptors (Lipinski definition) is 4. The van der Waals surface area contributed by atoms with Gasteiger partial charge in [0.15, 0.2) is 0 Å². The highest BCUT2D eigenvalue weighted by Gasteiger charge is 2.13. The molecule has 0 atom stereocenters. The van der Waals surface area contributed by atoms with E-state index in [0.717, 1.165) is 18.9 Å². The average Bonchev–Trinajstić information content (AvgIpc) is 2.27. The van der Waals surface area contributed by atoms with Gasteiger partial charge in [0.1, 0.15) is 5.76 Å². The Hall–Kier alpha value is -1.58. The number of allylic oxidation sites excluding steroid dienone is 2. The monoisotopic (exact) mass is 226 g/mol. The van der Waals surface area contributed by atoms with Crippen molar-refractivity contribution in [2.75, 3.05) is 6.61 Å². The number of aliphatic hydroxyl groups is 1. The van der Waals surface area contributed by atoms with E-state index >= 15 is 0 Å². The Bertz CT molecular complexity index is 313. The third kappa shape index (κ3) is 5.34. The second kappa shape index (κ2) is 7.68. The fourth-order valence-electron chi connectivity index (χ4n) is 0.825. The van der Waals surface area contributed by atoms with Crippen LogP contribution in [0.1, 0.15) is 33.6 Å². The maximum Gasteiger partial charge on any atom is 0.379 e. The van der Waals surface area contributed by atoms with E-state index in [2.05, 4.69) is 0 Å². The highest BCUT2D eigenvalue weighted by atomic mass is 16.5. The lowest BCUT2D eigenvalue weighted by Gasteiger charge is -2.01. The lowest BCUT2D eigenvalue weighted by Crippen LogP contribution is -2.16. The van der Waals surface area contributed by atoms with Gasteiger partial charge >= 0.3 is 5.97 Å². The number of hydrogen-bond donors (Lipinski definition) is 1. The Kier molecular flexibility index (Phi) is 6.92. The van der Waals surface area contributed by atoms with Gasteiger partial charge < -0.3 is 9.84 Å². The van der Waals surface area contributed by atoms with Crippen LogP contribution in [0, 0.1) is 0 Å². The number of aliphatic hydroxyl groups excluding tert-OH is 1. The van der Waals surface area contributed by atoms with Gasteiger partial charge in [0.05, 0.1) is 6.61 Å². The number of unbranched alkanes of at least 4 members (excludes halogenated alkanes) is 1. The minimum absolute atomic E-state index is 0.208. The summed E-state index contributed by atoms with van der Waals surface area (Å²) in [5, 5.41) is 9.37. The Morgan fingerprint density at radius 1 is 1.38 bits per heavy atom. The summed E-state index contributed by atoms with van der Waals surface area (Å²) in [5.74, 6) is -1.97. The molecule has 0 aliphatic rings. The van der Waals surface area contributed by atoms with Gasteiger partial charge in [-0.1, -0.05) is 19.4 Å². The SMILES string of the molecule is C/C=C(C)/C(O)=C/C(=O)C(=O)OCCCC. The first kappa shape index (κ1) is 14.4. The van der Waals surface area contributed by atoms with Crippen molar-refractivity contribution in [2.24, 2.45) is 0 Å². The molecular weight excluding hydrogens is 208 g/mol. The van der Waals surface area contributed by atoms with E-state index in [9.17, 15) is 14.7 Å². The third-order valence-corrected chi connectivity index (χ3v) is 2.04. The molecule has 0 aromatic heterocycles. The van der Waals surface area contributed by atoms with Gasteiger partial charge in [-0.3, -0.25) is 4.79 Å². The molecule has 90 valence electrons. The summed E-state index contributed by atoms with van der Waals surface area (Å²) in [7, 11) is 0. The van der Waals surface area contributed by atoms with Crippen LogP contribution in [0.2, 0.25) is 0 Å². The molecule has 0 amide bonds. The van der Waals surface area contributed by atoms with Gasteiger partial charge in [-0.2, -0.15) is 0 Å². The standard InChI is InChI=1S/C12H18O4/c1-4-6-7-16-12(15)11(14)8-10(13)9(3)5-2/h5,8,13H,4,6-7H2,1-3H3/b9-5+,10-8-. The number of ketones is 1. The van der Waals surface area contributed by atoms with Crippen LogP contribution < -0.4 is 0 Å². The van der Waals surface area contributed by atoms with Crippen LogP contribution in [0.4, 0.5) is 0 Å². The van der Waals surface area contributed by atoms with E-state index in [1.54, 1.807) is 19.9 Å². The van der Waals surface area contributed by atoms with Gasteiger partial charge in [0.2, 0.25) is 0 Å². The molecule has 0 saturated carbocycles. The van der Waals surface area contributed by atoms with E-state index in [-0.39, 0.29) is 12.4 Å². The van der Waals surface area contributed by atoms with E-state index in [0.29, 0.717) is 5.57 Å². The highest BCUT2D eigenvalue weighted by Crippen LogP contribution is 2.04. The summed E-state index contributed by atoms with van der Waals surface area (Å²) in [6.45, 7) is 5.56. The van der Waals surface area contributed by atoms with Gasteiger partial charge in [0, 0.05) is 6.08 Å². The molecule has 0 bridgehead atoms. The van der Waals surface area contributed by atoms with Crippen LogP contribution in [0.25, 0.3) is 0 Å². The molecule has 0 rings (SSSR count). The quantitative estimate of drug-likeness (QED) is 0.188. The summed E-state index contributed by atoms with van der Waals surface area (Å²) in [5.41, 5.74) is 0.537.